The Balaban J connectivity index is 1.84. The Kier molecular flexibility index (Phi) is 10.7. The highest BCUT2D eigenvalue weighted by atomic mass is 16.5. The van der Waals surface area contributed by atoms with Crippen molar-refractivity contribution in [3.63, 3.8) is 0 Å². The molecule has 0 fully saturated rings. The number of nitrogens with zero attached hydrogens (tertiary/aromatic N) is 3. The number of hydrogen-bond acceptors (Lipinski definition) is 5. The SMILES string of the molecule is CCCCCCCCCc1cnc(-c2ccc(OC(=O)C(C#N)C(C)CC)cc2)cn1. The van der Waals surface area contributed by atoms with Gasteiger partial charge in [-0.1, -0.05) is 65.7 Å². The van der Waals surface area contributed by atoms with Crippen molar-refractivity contribution in [3.8, 4) is 23.1 Å². The Bertz CT molecular complexity index is 825. The molecule has 0 saturated heterocycles. The first-order valence-corrected chi connectivity index (χ1v) is 11.6. The molecule has 2 unspecified atom stereocenters. The summed E-state index contributed by atoms with van der Waals surface area (Å²) in [5.74, 6) is -0.856. The van der Waals surface area contributed by atoms with Crippen molar-refractivity contribution >= 4 is 5.97 Å². The summed E-state index contributed by atoms with van der Waals surface area (Å²) < 4.78 is 5.39. The van der Waals surface area contributed by atoms with Crippen LogP contribution in [-0.4, -0.2) is 15.9 Å². The molecule has 2 atom stereocenters. The van der Waals surface area contributed by atoms with Gasteiger partial charge in [-0.05, 0) is 43.0 Å². The molecule has 31 heavy (non-hydrogen) atoms. The van der Waals surface area contributed by atoms with E-state index in [2.05, 4.69) is 23.0 Å². The molecule has 0 spiro atoms. The number of nitriles is 1. The molecule has 0 amide bonds. The lowest BCUT2D eigenvalue weighted by molar-refractivity contribution is -0.138. The Hall–Kier alpha value is -2.74. The van der Waals surface area contributed by atoms with Crippen LogP contribution in [0.5, 0.6) is 5.75 Å². The van der Waals surface area contributed by atoms with E-state index in [0.717, 1.165) is 36.2 Å². The van der Waals surface area contributed by atoms with E-state index >= 15 is 0 Å². The second-order valence-corrected chi connectivity index (χ2v) is 8.20. The number of carbonyl (C=O) groups excluding carboxylic acids is 1. The van der Waals surface area contributed by atoms with Gasteiger partial charge < -0.3 is 4.74 Å². The highest BCUT2D eigenvalue weighted by Gasteiger charge is 2.25. The molecule has 0 saturated carbocycles. The van der Waals surface area contributed by atoms with Crippen LogP contribution < -0.4 is 4.74 Å². The fraction of sp³-hybridized carbons (Fsp3) is 0.538. The Morgan fingerprint density at radius 2 is 1.68 bits per heavy atom. The zero-order valence-electron chi connectivity index (χ0n) is 19.1. The third-order valence-corrected chi connectivity index (χ3v) is 5.72. The number of rotatable bonds is 13. The molecule has 166 valence electrons. The van der Waals surface area contributed by atoms with E-state index in [1.807, 2.05) is 32.2 Å². The average molecular weight is 422 g/mol. The van der Waals surface area contributed by atoms with Crippen LogP contribution in [0.3, 0.4) is 0 Å². The predicted molar refractivity (Wildman–Crippen MR) is 123 cm³/mol. The molecule has 1 aromatic carbocycles. The largest absolute Gasteiger partial charge is 0.426 e. The van der Waals surface area contributed by atoms with Crippen molar-refractivity contribution in [1.82, 2.24) is 9.97 Å². The molecule has 5 nitrogen and oxygen atoms in total. The monoisotopic (exact) mass is 421 g/mol. The van der Waals surface area contributed by atoms with E-state index in [-0.39, 0.29) is 5.92 Å². The molecule has 2 rings (SSSR count). The number of aryl methyl sites for hydroxylation is 1. The summed E-state index contributed by atoms with van der Waals surface area (Å²) in [7, 11) is 0. The lowest BCUT2D eigenvalue weighted by atomic mass is 9.93. The maximum absolute atomic E-state index is 12.2. The number of benzene rings is 1. The van der Waals surface area contributed by atoms with Crippen molar-refractivity contribution in [1.29, 1.82) is 5.26 Å². The van der Waals surface area contributed by atoms with E-state index in [1.54, 1.807) is 18.3 Å². The van der Waals surface area contributed by atoms with Crippen LogP contribution in [0.15, 0.2) is 36.7 Å². The van der Waals surface area contributed by atoms with Gasteiger partial charge in [0.2, 0.25) is 0 Å². The molecular formula is C26H35N3O2. The van der Waals surface area contributed by atoms with Crippen molar-refractivity contribution in [3.05, 3.63) is 42.4 Å². The van der Waals surface area contributed by atoms with Crippen molar-refractivity contribution in [2.75, 3.05) is 0 Å². The lowest BCUT2D eigenvalue weighted by Gasteiger charge is -2.14. The summed E-state index contributed by atoms with van der Waals surface area (Å²) in [6, 6.07) is 9.22. The van der Waals surface area contributed by atoms with Gasteiger partial charge in [0, 0.05) is 11.8 Å². The maximum atomic E-state index is 12.2. The summed E-state index contributed by atoms with van der Waals surface area (Å²) in [6.07, 6.45) is 14.4. The van der Waals surface area contributed by atoms with Gasteiger partial charge in [0.15, 0.2) is 0 Å². The second kappa shape index (κ2) is 13.5. The minimum absolute atomic E-state index is 0.0355. The van der Waals surface area contributed by atoms with Gasteiger partial charge in [0.05, 0.1) is 23.7 Å². The van der Waals surface area contributed by atoms with Gasteiger partial charge in [-0.15, -0.1) is 0 Å². The number of ether oxygens (including phenoxy) is 1. The minimum atomic E-state index is -0.751. The van der Waals surface area contributed by atoms with Gasteiger partial charge in [-0.2, -0.15) is 5.26 Å². The molecular weight excluding hydrogens is 386 g/mol. The molecule has 0 bridgehead atoms. The third kappa shape index (κ3) is 8.13. The highest BCUT2D eigenvalue weighted by Crippen LogP contribution is 2.23. The van der Waals surface area contributed by atoms with E-state index in [9.17, 15) is 10.1 Å². The van der Waals surface area contributed by atoms with E-state index < -0.39 is 11.9 Å². The van der Waals surface area contributed by atoms with E-state index in [0.29, 0.717) is 5.75 Å². The number of aromatic nitrogens is 2. The van der Waals surface area contributed by atoms with Gasteiger partial charge in [-0.25, -0.2) is 0 Å². The normalized spacial score (nSPS) is 12.7. The number of unbranched alkanes of at least 4 members (excludes halogenated alkanes) is 6. The Morgan fingerprint density at radius 3 is 2.26 bits per heavy atom. The van der Waals surface area contributed by atoms with Crippen LogP contribution in [0.4, 0.5) is 0 Å². The van der Waals surface area contributed by atoms with Gasteiger partial charge in [0.25, 0.3) is 0 Å². The number of carbonyl (C=O) groups is 1. The minimum Gasteiger partial charge on any atom is -0.426 e. The van der Waals surface area contributed by atoms with Crippen molar-refractivity contribution in [2.45, 2.75) is 78.6 Å². The van der Waals surface area contributed by atoms with E-state index in [4.69, 9.17) is 4.74 Å². The summed E-state index contributed by atoms with van der Waals surface area (Å²) in [5, 5.41) is 9.24. The van der Waals surface area contributed by atoms with Crippen molar-refractivity contribution < 1.29 is 9.53 Å². The second-order valence-electron chi connectivity index (χ2n) is 8.20. The lowest BCUT2D eigenvalue weighted by Crippen LogP contribution is -2.24. The predicted octanol–water partition coefficient (Wildman–Crippen LogP) is 6.53. The van der Waals surface area contributed by atoms with Crippen LogP contribution in [0.25, 0.3) is 11.3 Å². The Labute approximate surface area is 186 Å². The first-order chi connectivity index (χ1) is 15.1. The van der Waals surface area contributed by atoms with Crippen LogP contribution in [0.1, 0.15) is 77.8 Å². The van der Waals surface area contributed by atoms with Crippen LogP contribution >= 0.6 is 0 Å². The quantitative estimate of drug-likeness (QED) is 0.209. The fourth-order valence-corrected chi connectivity index (χ4v) is 3.42. The first kappa shape index (κ1) is 24.5. The third-order valence-electron chi connectivity index (χ3n) is 5.72. The molecule has 2 aromatic rings. The summed E-state index contributed by atoms with van der Waals surface area (Å²) in [4.78, 5) is 21.3. The smallest absolute Gasteiger partial charge is 0.328 e. The standard InChI is InChI=1S/C26H35N3O2/c1-4-6-7-8-9-10-11-12-22-18-29-25(19-28-22)21-13-15-23(16-14-21)31-26(30)24(17-27)20(3)5-2/h13-16,18-20,24H,4-12H2,1-3H3. The molecule has 1 aromatic heterocycles. The summed E-state index contributed by atoms with van der Waals surface area (Å²) in [5.41, 5.74) is 2.72. The number of hydrogen-bond donors (Lipinski definition) is 0. The van der Waals surface area contributed by atoms with E-state index in [1.165, 1.54) is 38.5 Å². The molecule has 5 heteroatoms. The molecule has 1 heterocycles. The zero-order valence-corrected chi connectivity index (χ0v) is 19.1. The molecule has 0 aliphatic rings. The fourth-order valence-electron chi connectivity index (χ4n) is 3.42. The maximum Gasteiger partial charge on any atom is 0.328 e. The van der Waals surface area contributed by atoms with Gasteiger partial charge in [0.1, 0.15) is 11.7 Å². The van der Waals surface area contributed by atoms with Crippen LogP contribution in [0.2, 0.25) is 0 Å². The van der Waals surface area contributed by atoms with Crippen molar-refractivity contribution in [2.24, 2.45) is 11.8 Å². The molecule has 0 aliphatic heterocycles. The highest BCUT2D eigenvalue weighted by molar-refractivity contribution is 5.78. The molecule has 0 N–H and O–H groups in total. The van der Waals surface area contributed by atoms with Gasteiger partial charge >= 0.3 is 5.97 Å². The molecule has 0 aliphatic carbocycles. The first-order valence-electron chi connectivity index (χ1n) is 11.6. The van der Waals surface area contributed by atoms with Gasteiger partial charge in [-0.3, -0.25) is 14.8 Å². The summed E-state index contributed by atoms with van der Waals surface area (Å²) >= 11 is 0. The molecule has 0 radical (unpaired) electrons. The average Bonchev–Trinajstić information content (AvgIpc) is 2.79. The number of esters is 1. The van der Waals surface area contributed by atoms with Crippen LogP contribution in [-0.2, 0) is 11.2 Å². The Morgan fingerprint density at radius 1 is 1.00 bits per heavy atom. The zero-order chi connectivity index (χ0) is 22.5. The van der Waals surface area contributed by atoms with Crippen LogP contribution in [0, 0.1) is 23.2 Å². The summed E-state index contributed by atoms with van der Waals surface area (Å²) in [6.45, 7) is 6.08. The topological polar surface area (TPSA) is 75.9 Å².